The molecule has 1 aromatic heterocycles. The van der Waals surface area contributed by atoms with Crippen molar-refractivity contribution in [1.82, 2.24) is 15.3 Å². The van der Waals surface area contributed by atoms with Gasteiger partial charge in [0.25, 0.3) is 0 Å². The highest BCUT2D eigenvalue weighted by Crippen LogP contribution is 2.23. The SMILES string of the molecule is CNCCSc1ncnc2ccccc12. The normalized spacial score (nSPS) is 10.7. The zero-order valence-corrected chi connectivity index (χ0v) is 9.42. The summed E-state index contributed by atoms with van der Waals surface area (Å²) in [6.45, 7) is 0.989. The molecule has 0 aliphatic carbocycles. The minimum absolute atomic E-state index is 0.989. The summed E-state index contributed by atoms with van der Waals surface area (Å²) in [5.74, 6) is 1.03. The van der Waals surface area contributed by atoms with E-state index in [4.69, 9.17) is 0 Å². The predicted molar refractivity (Wildman–Crippen MR) is 64.2 cm³/mol. The van der Waals surface area contributed by atoms with Crippen LogP contribution in [0.3, 0.4) is 0 Å². The highest BCUT2D eigenvalue weighted by Gasteiger charge is 2.02. The molecular weight excluding hydrogens is 206 g/mol. The van der Waals surface area contributed by atoms with Crippen LogP contribution in [0.5, 0.6) is 0 Å². The second-order valence-electron chi connectivity index (χ2n) is 3.15. The highest BCUT2D eigenvalue weighted by molar-refractivity contribution is 7.99. The summed E-state index contributed by atoms with van der Waals surface area (Å²) in [6.07, 6.45) is 1.63. The number of hydrogen-bond donors (Lipinski definition) is 1. The number of para-hydroxylation sites is 1. The van der Waals surface area contributed by atoms with Gasteiger partial charge in [-0.3, -0.25) is 0 Å². The molecule has 1 N–H and O–H groups in total. The Hall–Kier alpha value is -1.13. The van der Waals surface area contributed by atoms with Gasteiger partial charge >= 0.3 is 0 Å². The van der Waals surface area contributed by atoms with Gasteiger partial charge in [-0.25, -0.2) is 9.97 Å². The van der Waals surface area contributed by atoms with E-state index in [2.05, 4.69) is 21.4 Å². The van der Waals surface area contributed by atoms with Crippen molar-refractivity contribution in [1.29, 1.82) is 0 Å². The molecule has 4 heteroatoms. The van der Waals surface area contributed by atoms with Gasteiger partial charge in [0.2, 0.25) is 0 Å². The number of benzene rings is 1. The smallest absolute Gasteiger partial charge is 0.117 e. The lowest BCUT2D eigenvalue weighted by atomic mass is 10.2. The Morgan fingerprint density at radius 3 is 3.00 bits per heavy atom. The van der Waals surface area contributed by atoms with Crippen molar-refractivity contribution in [2.75, 3.05) is 19.3 Å². The van der Waals surface area contributed by atoms with Gasteiger partial charge in [-0.15, -0.1) is 11.8 Å². The van der Waals surface area contributed by atoms with Gasteiger partial charge in [0, 0.05) is 17.7 Å². The van der Waals surface area contributed by atoms with Gasteiger partial charge in [0.05, 0.1) is 5.52 Å². The van der Waals surface area contributed by atoms with Crippen LogP contribution in [0, 0.1) is 0 Å². The first-order valence-corrected chi connectivity index (χ1v) is 5.87. The molecule has 0 fully saturated rings. The molecule has 0 amide bonds. The average molecular weight is 219 g/mol. The lowest BCUT2D eigenvalue weighted by Crippen LogP contribution is -2.09. The maximum atomic E-state index is 4.30. The van der Waals surface area contributed by atoms with E-state index >= 15 is 0 Å². The van der Waals surface area contributed by atoms with Crippen molar-refractivity contribution in [3.05, 3.63) is 30.6 Å². The van der Waals surface area contributed by atoms with Crippen LogP contribution in [0.4, 0.5) is 0 Å². The van der Waals surface area contributed by atoms with Crippen LogP contribution >= 0.6 is 11.8 Å². The average Bonchev–Trinajstić information content (AvgIpc) is 2.30. The Kier molecular flexibility index (Phi) is 3.53. The van der Waals surface area contributed by atoms with E-state index in [9.17, 15) is 0 Å². The van der Waals surface area contributed by atoms with Crippen LogP contribution in [0.25, 0.3) is 10.9 Å². The second-order valence-corrected chi connectivity index (χ2v) is 4.23. The zero-order valence-electron chi connectivity index (χ0n) is 8.60. The van der Waals surface area contributed by atoms with E-state index in [1.165, 1.54) is 0 Å². The Morgan fingerprint density at radius 2 is 2.13 bits per heavy atom. The summed E-state index contributed by atoms with van der Waals surface area (Å²) in [4.78, 5) is 8.53. The molecule has 0 bridgehead atoms. The van der Waals surface area contributed by atoms with Gasteiger partial charge in [0.1, 0.15) is 11.4 Å². The number of hydrogen-bond acceptors (Lipinski definition) is 4. The van der Waals surface area contributed by atoms with Crippen LogP contribution < -0.4 is 5.32 Å². The molecule has 0 unspecified atom stereocenters. The largest absolute Gasteiger partial charge is 0.319 e. The minimum Gasteiger partial charge on any atom is -0.319 e. The van der Waals surface area contributed by atoms with E-state index in [-0.39, 0.29) is 0 Å². The monoisotopic (exact) mass is 219 g/mol. The van der Waals surface area contributed by atoms with Crippen LogP contribution in [0.1, 0.15) is 0 Å². The third kappa shape index (κ3) is 2.46. The van der Waals surface area contributed by atoms with Crippen LogP contribution in [-0.4, -0.2) is 29.3 Å². The topological polar surface area (TPSA) is 37.8 Å². The summed E-state index contributed by atoms with van der Waals surface area (Å²) in [6, 6.07) is 8.10. The molecule has 3 nitrogen and oxygen atoms in total. The van der Waals surface area contributed by atoms with Crippen molar-refractivity contribution in [3.8, 4) is 0 Å². The third-order valence-electron chi connectivity index (χ3n) is 2.10. The van der Waals surface area contributed by atoms with Crippen LogP contribution in [0.15, 0.2) is 35.6 Å². The fraction of sp³-hybridized carbons (Fsp3) is 0.273. The van der Waals surface area contributed by atoms with Crippen LogP contribution in [-0.2, 0) is 0 Å². The Labute approximate surface area is 93.3 Å². The van der Waals surface area contributed by atoms with Crippen molar-refractivity contribution in [2.45, 2.75) is 5.03 Å². The molecule has 0 saturated heterocycles. The molecule has 1 aromatic carbocycles. The molecule has 0 saturated carbocycles. The summed E-state index contributed by atoms with van der Waals surface area (Å²) in [5, 5.41) is 5.33. The van der Waals surface area contributed by atoms with E-state index in [1.807, 2.05) is 25.2 Å². The summed E-state index contributed by atoms with van der Waals surface area (Å²) < 4.78 is 0. The Balaban J connectivity index is 2.26. The summed E-state index contributed by atoms with van der Waals surface area (Å²) >= 11 is 1.76. The maximum absolute atomic E-state index is 4.30. The summed E-state index contributed by atoms with van der Waals surface area (Å²) in [7, 11) is 1.96. The van der Waals surface area contributed by atoms with Crippen molar-refractivity contribution in [3.63, 3.8) is 0 Å². The lowest BCUT2D eigenvalue weighted by molar-refractivity contribution is 0.871. The number of nitrogens with one attached hydrogen (secondary N) is 1. The van der Waals surface area contributed by atoms with Gasteiger partial charge in [0.15, 0.2) is 0 Å². The number of nitrogens with zero attached hydrogens (tertiary/aromatic N) is 2. The molecule has 0 radical (unpaired) electrons. The molecule has 0 aliphatic rings. The first-order valence-electron chi connectivity index (χ1n) is 4.89. The van der Waals surface area contributed by atoms with Gasteiger partial charge in [-0.05, 0) is 13.1 Å². The third-order valence-corrected chi connectivity index (χ3v) is 3.10. The fourth-order valence-electron chi connectivity index (χ4n) is 1.34. The highest BCUT2D eigenvalue weighted by atomic mass is 32.2. The molecule has 2 aromatic rings. The molecule has 2 rings (SSSR count). The summed E-state index contributed by atoms with van der Waals surface area (Å²) in [5.41, 5.74) is 1.01. The fourth-order valence-corrected chi connectivity index (χ4v) is 2.29. The second kappa shape index (κ2) is 5.09. The molecule has 15 heavy (non-hydrogen) atoms. The van der Waals surface area contributed by atoms with Gasteiger partial charge < -0.3 is 5.32 Å². The van der Waals surface area contributed by atoms with Crippen LogP contribution in [0.2, 0.25) is 0 Å². The quantitative estimate of drug-likeness (QED) is 0.484. The number of thioether (sulfide) groups is 1. The van der Waals surface area contributed by atoms with Crippen molar-refractivity contribution < 1.29 is 0 Å². The van der Waals surface area contributed by atoms with Crippen molar-refractivity contribution in [2.24, 2.45) is 0 Å². The van der Waals surface area contributed by atoms with E-state index < -0.39 is 0 Å². The van der Waals surface area contributed by atoms with Gasteiger partial charge in [-0.1, -0.05) is 18.2 Å². The molecule has 1 heterocycles. The number of fused-ring (bicyclic) bond motifs is 1. The molecular formula is C11H13N3S. The maximum Gasteiger partial charge on any atom is 0.117 e. The molecule has 78 valence electrons. The van der Waals surface area contributed by atoms with E-state index in [0.29, 0.717) is 0 Å². The standard InChI is InChI=1S/C11H13N3S/c1-12-6-7-15-11-9-4-2-3-5-10(9)13-8-14-11/h2-5,8,12H,6-7H2,1H3. The lowest BCUT2D eigenvalue weighted by Gasteiger charge is -2.03. The number of aromatic nitrogens is 2. The zero-order chi connectivity index (χ0) is 10.5. The van der Waals surface area contributed by atoms with E-state index in [0.717, 1.165) is 28.2 Å². The molecule has 0 spiro atoms. The Morgan fingerprint density at radius 1 is 1.27 bits per heavy atom. The first kappa shape index (κ1) is 10.4. The van der Waals surface area contributed by atoms with Crippen molar-refractivity contribution >= 4 is 22.7 Å². The minimum atomic E-state index is 0.989. The number of rotatable bonds is 4. The first-order chi connectivity index (χ1) is 7.42. The molecule has 0 aliphatic heterocycles. The van der Waals surface area contributed by atoms with Gasteiger partial charge in [-0.2, -0.15) is 0 Å². The van der Waals surface area contributed by atoms with E-state index in [1.54, 1.807) is 18.1 Å². The Bertz CT molecular complexity index is 439. The molecule has 0 atom stereocenters. The predicted octanol–water partition coefficient (Wildman–Crippen LogP) is 1.94.